The van der Waals surface area contributed by atoms with Crippen LogP contribution in [0.3, 0.4) is 0 Å². The van der Waals surface area contributed by atoms with E-state index in [1.165, 1.54) is 28.6 Å². The highest BCUT2D eigenvalue weighted by atomic mass is 32.2. The highest BCUT2D eigenvalue weighted by molar-refractivity contribution is 7.99. The molecule has 9 heteroatoms. The lowest BCUT2D eigenvalue weighted by atomic mass is 10.2. The van der Waals surface area contributed by atoms with Crippen molar-refractivity contribution in [2.24, 2.45) is 0 Å². The molecule has 1 fully saturated rings. The van der Waals surface area contributed by atoms with E-state index < -0.39 is 21.7 Å². The number of nitrogens with zero attached hydrogens (tertiary/aromatic N) is 1. The van der Waals surface area contributed by atoms with Gasteiger partial charge < -0.3 is 5.32 Å². The Bertz CT molecular complexity index is 961. The van der Waals surface area contributed by atoms with Gasteiger partial charge in [-0.2, -0.15) is 4.31 Å². The predicted molar refractivity (Wildman–Crippen MR) is 106 cm³/mol. The van der Waals surface area contributed by atoms with Crippen LogP contribution in [0.15, 0.2) is 47.4 Å². The van der Waals surface area contributed by atoms with Gasteiger partial charge in [-0.25, -0.2) is 17.2 Å². The maximum absolute atomic E-state index is 13.6. The van der Waals surface area contributed by atoms with Crippen LogP contribution >= 0.6 is 11.8 Å². The second-order valence-corrected chi connectivity index (χ2v) is 9.32. The van der Waals surface area contributed by atoms with Gasteiger partial charge in [0.1, 0.15) is 0 Å². The first kappa shape index (κ1) is 20.8. The Morgan fingerprint density at radius 3 is 2.57 bits per heavy atom. The molecule has 1 aliphatic rings. The first-order valence-corrected chi connectivity index (χ1v) is 11.4. The summed E-state index contributed by atoms with van der Waals surface area (Å²) >= 11 is 1.14. The van der Waals surface area contributed by atoms with Crippen LogP contribution in [0, 0.1) is 11.6 Å². The topological polar surface area (TPSA) is 66.5 Å². The highest BCUT2D eigenvalue weighted by Gasteiger charge is 2.27. The lowest BCUT2D eigenvalue weighted by Crippen LogP contribution is -2.28. The minimum absolute atomic E-state index is 0.0268. The number of thioether (sulfide) groups is 1. The number of rotatable bonds is 7. The molecule has 0 bridgehead atoms. The van der Waals surface area contributed by atoms with E-state index in [0.29, 0.717) is 18.8 Å². The molecule has 2 aromatic carbocycles. The van der Waals surface area contributed by atoms with Crippen molar-refractivity contribution in [2.75, 3.05) is 24.2 Å². The largest absolute Gasteiger partial charge is 0.325 e. The van der Waals surface area contributed by atoms with E-state index in [9.17, 15) is 22.0 Å². The Hall–Kier alpha value is -1.97. The Morgan fingerprint density at radius 2 is 1.82 bits per heavy atom. The molecule has 0 radical (unpaired) electrons. The summed E-state index contributed by atoms with van der Waals surface area (Å²) in [6, 6.07) is 10.1. The van der Waals surface area contributed by atoms with Crippen molar-refractivity contribution in [3.05, 3.63) is 59.7 Å². The average Bonchev–Trinajstić information content (AvgIpc) is 3.21. The Labute approximate surface area is 167 Å². The smallest absolute Gasteiger partial charge is 0.243 e. The average molecular weight is 427 g/mol. The number of hydrogen-bond donors (Lipinski definition) is 1. The number of amides is 1. The van der Waals surface area contributed by atoms with Gasteiger partial charge in [-0.15, -0.1) is 11.8 Å². The number of halogens is 2. The van der Waals surface area contributed by atoms with E-state index in [2.05, 4.69) is 5.32 Å². The molecule has 0 saturated carbocycles. The summed E-state index contributed by atoms with van der Waals surface area (Å²) in [5.41, 5.74) is 0.569. The van der Waals surface area contributed by atoms with Crippen LogP contribution in [0.25, 0.3) is 0 Å². The monoisotopic (exact) mass is 426 g/mol. The van der Waals surface area contributed by atoms with E-state index in [4.69, 9.17) is 0 Å². The zero-order valence-electron chi connectivity index (χ0n) is 15.0. The van der Waals surface area contributed by atoms with Crippen molar-refractivity contribution >= 4 is 33.4 Å². The molecule has 1 heterocycles. The number of benzene rings is 2. The summed E-state index contributed by atoms with van der Waals surface area (Å²) in [6.07, 6.45) is 1.69. The van der Waals surface area contributed by atoms with Crippen molar-refractivity contribution in [1.82, 2.24) is 4.31 Å². The molecule has 0 aliphatic carbocycles. The van der Waals surface area contributed by atoms with E-state index in [1.54, 1.807) is 12.1 Å². The summed E-state index contributed by atoms with van der Waals surface area (Å²) in [6.45, 7) is 1.01. The third kappa shape index (κ3) is 4.89. The molecule has 1 amide bonds. The number of carbonyl (C=O) groups is 1. The lowest BCUT2D eigenvalue weighted by Gasteiger charge is -2.16. The molecule has 28 heavy (non-hydrogen) atoms. The van der Waals surface area contributed by atoms with Crippen LogP contribution in [0.5, 0.6) is 0 Å². The number of anilines is 1. The van der Waals surface area contributed by atoms with Crippen molar-refractivity contribution in [3.63, 3.8) is 0 Å². The van der Waals surface area contributed by atoms with Gasteiger partial charge in [0.05, 0.1) is 10.6 Å². The van der Waals surface area contributed by atoms with Gasteiger partial charge in [0.15, 0.2) is 11.6 Å². The summed E-state index contributed by atoms with van der Waals surface area (Å²) in [5.74, 6) is -1.99. The SMILES string of the molecule is O=C(CSCc1cccc(F)c1F)Nc1cccc(S(=O)(=O)N2CCCC2)c1. The molecule has 1 saturated heterocycles. The minimum Gasteiger partial charge on any atom is -0.325 e. The maximum atomic E-state index is 13.6. The second-order valence-electron chi connectivity index (χ2n) is 6.39. The molecular formula is C19H20F2N2O3S2. The zero-order chi connectivity index (χ0) is 20.1. The van der Waals surface area contributed by atoms with Crippen molar-refractivity contribution < 1.29 is 22.0 Å². The third-order valence-electron chi connectivity index (χ3n) is 4.34. The number of carbonyl (C=O) groups excluding carboxylic acids is 1. The predicted octanol–water partition coefficient (Wildman–Crippen LogP) is 3.62. The standard InChI is InChI=1S/C19H20F2N2O3S2/c20-17-8-3-5-14(19(17)21)12-27-13-18(24)22-15-6-4-7-16(11-15)28(25,26)23-9-1-2-10-23/h3-8,11H,1-2,9-10,12-13H2,(H,22,24). The first-order chi connectivity index (χ1) is 13.4. The molecule has 1 N–H and O–H groups in total. The van der Waals surface area contributed by atoms with Crippen LogP contribution in [-0.2, 0) is 20.6 Å². The number of nitrogens with one attached hydrogen (secondary N) is 1. The molecule has 0 unspecified atom stereocenters. The van der Waals surface area contributed by atoms with Crippen LogP contribution < -0.4 is 5.32 Å². The van der Waals surface area contributed by atoms with Gasteiger partial charge in [0, 0.05) is 30.1 Å². The normalized spacial score (nSPS) is 14.9. The fourth-order valence-corrected chi connectivity index (χ4v) is 5.29. The quantitative estimate of drug-likeness (QED) is 0.734. The Balaban J connectivity index is 1.58. The summed E-state index contributed by atoms with van der Waals surface area (Å²) in [7, 11) is -3.56. The van der Waals surface area contributed by atoms with Gasteiger partial charge in [0.2, 0.25) is 15.9 Å². The number of sulfonamides is 1. The highest BCUT2D eigenvalue weighted by Crippen LogP contribution is 2.23. The van der Waals surface area contributed by atoms with Gasteiger partial charge in [-0.3, -0.25) is 4.79 Å². The third-order valence-corrected chi connectivity index (χ3v) is 7.22. The van der Waals surface area contributed by atoms with Crippen molar-refractivity contribution in [3.8, 4) is 0 Å². The van der Waals surface area contributed by atoms with E-state index in [1.807, 2.05) is 0 Å². The fraction of sp³-hybridized carbons (Fsp3) is 0.316. The number of hydrogen-bond acceptors (Lipinski definition) is 4. The Morgan fingerprint density at radius 1 is 1.11 bits per heavy atom. The van der Waals surface area contributed by atoms with Crippen LogP contribution in [0.4, 0.5) is 14.5 Å². The van der Waals surface area contributed by atoms with E-state index in [0.717, 1.165) is 30.7 Å². The molecule has 1 aliphatic heterocycles. The van der Waals surface area contributed by atoms with Crippen molar-refractivity contribution in [1.29, 1.82) is 0 Å². The molecule has 150 valence electrons. The summed E-state index contributed by atoms with van der Waals surface area (Å²) < 4.78 is 53.4. The van der Waals surface area contributed by atoms with E-state index in [-0.39, 0.29) is 27.9 Å². The van der Waals surface area contributed by atoms with Gasteiger partial charge in [-0.1, -0.05) is 18.2 Å². The van der Waals surface area contributed by atoms with Crippen molar-refractivity contribution in [2.45, 2.75) is 23.5 Å². The summed E-state index contributed by atoms with van der Waals surface area (Å²) in [4.78, 5) is 12.3. The molecule has 3 rings (SSSR count). The van der Waals surface area contributed by atoms with Crippen LogP contribution in [0.1, 0.15) is 18.4 Å². The van der Waals surface area contributed by atoms with E-state index >= 15 is 0 Å². The van der Waals surface area contributed by atoms with Gasteiger partial charge in [-0.05, 0) is 37.1 Å². The molecule has 0 atom stereocenters. The molecule has 0 aromatic heterocycles. The lowest BCUT2D eigenvalue weighted by molar-refractivity contribution is -0.113. The molecule has 0 spiro atoms. The molecular weight excluding hydrogens is 406 g/mol. The Kier molecular flexibility index (Phi) is 6.69. The second kappa shape index (κ2) is 9.02. The maximum Gasteiger partial charge on any atom is 0.243 e. The molecule has 2 aromatic rings. The molecule has 5 nitrogen and oxygen atoms in total. The minimum atomic E-state index is -3.56. The fourth-order valence-electron chi connectivity index (χ4n) is 2.92. The van der Waals surface area contributed by atoms with Gasteiger partial charge in [0.25, 0.3) is 0 Å². The van der Waals surface area contributed by atoms with Gasteiger partial charge >= 0.3 is 0 Å². The first-order valence-electron chi connectivity index (χ1n) is 8.78. The summed E-state index contributed by atoms with van der Waals surface area (Å²) in [5, 5.41) is 2.65. The van der Waals surface area contributed by atoms with Crippen LogP contribution in [-0.4, -0.2) is 37.5 Å². The van der Waals surface area contributed by atoms with Crippen LogP contribution in [0.2, 0.25) is 0 Å². The zero-order valence-corrected chi connectivity index (χ0v) is 16.7.